The van der Waals surface area contributed by atoms with E-state index in [9.17, 15) is 9.59 Å². The minimum Gasteiger partial charge on any atom is -0.324 e. The summed E-state index contributed by atoms with van der Waals surface area (Å²) in [6, 6.07) is 17.3. The molecule has 3 aromatic rings. The zero-order chi connectivity index (χ0) is 18.1. The number of hydrogen-bond donors (Lipinski definition) is 1. The fourth-order valence-corrected chi connectivity index (χ4v) is 3.41. The monoisotopic (exact) mass is 345 g/mol. The topological polar surface area (TPSA) is 62.3 Å². The first-order valence-corrected chi connectivity index (χ1v) is 8.66. The molecule has 0 radical (unpaired) electrons. The molecule has 0 fully saturated rings. The second kappa shape index (κ2) is 6.59. The van der Waals surface area contributed by atoms with Crippen LogP contribution >= 0.6 is 0 Å². The summed E-state index contributed by atoms with van der Waals surface area (Å²) >= 11 is 0. The van der Waals surface area contributed by atoms with Crippen molar-refractivity contribution < 1.29 is 9.59 Å². The van der Waals surface area contributed by atoms with Gasteiger partial charge in [-0.2, -0.15) is 0 Å². The van der Waals surface area contributed by atoms with E-state index in [2.05, 4.69) is 10.3 Å². The molecule has 0 spiro atoms. The lowest BCUT2D eigenvalue weighted by molar-refractivity contribution is -0.121. The number of para-hydroxylation sites is 2. The average Bonchev–Trinajstić information content (AvgIpc) is 2.64. The number of nitrogens with zero attached hydrogens (tertiary/aromatic N) is 2. The normalized spacial score (nSPS) is 13.6. The largest absolute Gasteiger partial charge is 0.324 e. The van der Waals surface area contributed by atoms with Crippen LogP contribution in [0, 0.1) is 6.92 Å². The van der Waals surface area contributed by atoms with Gasteiger partial charge in [-0.1, -0.05) is 36.4 Å². The van der Waals surface area contributed by atoms with Crippen molar-refractivity contribution in [2.24, 2.45) is 0 Å². The van der Waals surface area contributed by atoms with Gasteiger partial charge in [0.2, 0.25) is 11.8 Å². The van der Waals surface area contributed by atoms with E-state index in [1.54, 1.807) is 4.90 Å². The van der Waals surface area contributed by atoms with Crippen LogP contribution in [0.3, 0.4) is 0 Å². The highest BCUT2D eigenvalue weighted by molar-refractivity contribution is 6.07. The van der Waals surface area contributed by atoms with Crippen molar-refractivity contribution in [3.05, 3.63) is 65.9 Å². The summed E-state index contributed by atoms with van der Waals surface area (Å²) in [4.78, 5) is 31.1. The molecule has 1 N–H and O–H groups in total. The van der Waals surface area contributed by atoms with E-state index in [0.717, 1.165) is 40.0 Å². The molecule has 2 aromatic carbocycles. The molecule has 0 atom stereocenters. The lowest BCUT2D eigenvalue weighted by Crippen LogP contribution is -2.40. The molecule has 2 heterocycles. The van der Waals surface area contributed by atoms with Crippen LogP contribution in [0.15, 0.2) is 54.6 Å². The molecule has 0 saturated carbocycles. The highest BCUT2D eigenvalue weighted by Crippen LogP contribution is 2.28. The number of rotatable bonds is 3. The summed E-state index contributed by atoms with van der Waals surface area (Å²) in [5.41, 5.74) is 4.32. The molecule has 5 heteroatoms. The number of carbonyl (C=O) groups excluding carboxylic acids is 2. The number of nitrogens with one attached hydrogen (secondary N) is 1. The Morgan fingerprint density at radius 3 is 2.77 bits per heavy atom. The second-order valence-electron chi connectivity index (χ2n) is 6.49. The van der Waals surface area contributed by atoms with Crippen molar-refractivity contribution in [1.82, 2.24) is 4.98 Å². The van der Waals surface area contributed by atoms with E-state index in [1.165, 1.54) is 0 Å². The summed E-state index contributed by atoms with van der Waals surface area (Å²) in [5, 5.41) is 3.84. The zero-order valence-corrected chi connectivity index (χ0v) is 14.5. The summed E-state index contributed by atoms with van der Waals surface area (Å²) in [7, 11) is 0. The number of pyridine rings is 1. The number of benzene rings is 2. The van der Waals surface area contributed by atoms with Crippen LogP contribution in [0.25, 0.3) is 10.9 Å². The van der Waals surface area contributed by atoms with Gasteiger partial charge in [0.25, 0.3) is 0 Å². The average molecular weight is 345 g/mol. The van der Waals surface area contributed by atoms with Crippen molar-refractivity contribution in [2.45, 2.75) is 19.8 Å². The van der Waals surface area contributed by atoms with Crippen LogP contribution in [-0.4, -0.2) is 23.3 Å². The van der Waals surface area contributed by atoms with Gasteiger partial charge in [-0.3, -0.25) is 14.6 Å². The molecule has 5 nitrogen and oxygen atoms in total. The minimum absolute atomic E-state index is 0.00550. The molecular weight excluding hydrogens is 326 g/mol. The minimum atomic E-state index is -0.217. The van der Waals surface area contributed by atoms with Crippen LogP contribution in [0.4, 0.5) is 11.4 Å². The van der Waals surface area contributed by atoms with Crippen molar-refractivity contribution in [1.29, 1.82) is 0 Å². The van der Waals surface area contributed by atoms with Gasteiger partial charge < -0.3 is 10.2 Å². The van der Waals surface area contributed by atoms with Crippen molar-refractivity contribution in [2.75, 3.05) is 16.8 Å². The van der Waals surface area contributed by atoms with Crippen LogP contribution < -0.4 is 10.2 Å². The quantitative estimate of drug-likeness (QED) is 0.791. The Balaban J connectivity index is 1.60. The Bertz CT molecular complexity index is 1010. The summed E-state index contributed by atoms with van der Waals surface area (Å²) in [5.74, 6) is -0.236. The van der Waals surface area contributed by atoms with Crippen LogP contribution in [0.1, 0.15) is 17.7 Å². The lowest BCUT2D eigenvalue weighted by Gasteiger charge is -2.28. The predicted molar refractivity (Wildman–Crippen MR) is 102 cm³/mol. The third kappa shape index (κ3) is 3.04. The SMILES string of the molecule is Cc1cc(NC(=O)CN2C(=O)CCc3ccccc32)c2ccccc2n1. The van der Waals surface area contributed by atoms with Gasteiger partial charge >= 0.3 is 0 Å². The van der Waals surface area contributed by atoms with E-state index in [-0.39, 0.29) is 18.4 Å². The second-order valence-corrected chi connectivity index (χ2v) is 6.49. The first-order chi connectivity index (χ1) is 12.6. The summed E-state index contributed by atoms with van der Waals surface area (Å²) in [6.07, 6.45) is 1.16. The summed E-state index contributed by atoms with van der Waals surface area (Å²) < 4.78 is 0. The van der Waals surface area contributed by atoms with Gasteiger partial charge in [0.05, 0.1) is 11.2 Å². The van der Waals surface area contributed by atoms with Crippen LogP contribution in [0.2, 0.25) is 0 Å². The standard InChI is InChI=1S/C21H19N3O2/c1-14-12-18(16-7-3-4-8-17(16)22-14)23-20(25)13-24-19-9-5-2-6-15(19)10-11-21(24)26/h2-9,12H,10-11,13H2,1H3,(H,22,23,25). The van der Waals surface area contributed by atoms with Gasteiger partial charge in [0, 0.05) is 23.2 Å². The molecule has 26 heavy (non-hydrogen) atoms. The third-order valence-corrected chi connectivity index (χ3v) is 4.61. The first-order valence-electron chi connectivity index (χ1n) is 8.66. The molecule has 4 rings (SSSR count). The van der Waals surface area contributed by atoms with Crippen molar-refractivity contribution >= 4 is 34.1 Å². The van der Waals surface area contributed by atoms with E-state index in [0.29, 0.717) is 6.42 Å². The highest BCUT2D eigenvalue weighted by Gasteiger charge is 2.25. The highest BCUT2D eigenvalue weighted by atomic mass is 16.2. The van der Waals surface area contributed by atoms with Gasteiger partial charge in [-0.05, 0) is 37.1 Å². The van der Waals surface area contributed by atoms with Crippen LogP contribution in [0.5, 0.6) is 0 Å². The Morgan fingerprint density at radius 2 is 1.88 bits per heavy atom. The molecular formula is C21H19N3O2. The van der Waals surface area contributed by atoms with Crippen molar-refractivity contribution in [3.63, 3.8) is 0 Å². The molecule has 130 valence electrons. The number of carbonyl (C=O) groups is 2. The molecule has 2 amide bonds. The first kappa shape index (κ1) is 16.3. The van der Waals surface area contributed by atoms with Gasteiger partial charge in [-0.25, -0.2) is 0 Å². The molecule has 1 aliphatic rings. The van der Waals surface area contributed by atoms with E-state index in [4.69, 9.17) is 0 Å². The third-order valence-electron chi connectivity index (χ3n) is 4.61. The Labute approximate surface area is 151 Å². The number of amides is 2. The molecule has 0 unspecified atom stereocenters. The van der Waals surface area contributed by atoms with Gasteiger partial charge in [0.15, 0.2) is 0 Å². The summed E-state index contributed by atoms with van der Waals surface area (Å²) in [6.45, 7) is 1.90. The van der Waals surface area contributed by atoms with E-state index >= 15 is 0 Å². The molecule has 1 aromatic heterocycles. The molecule has 0 saturated heterocycles. The fourth-order valence-electron chi connectivity index (χ4n) is 3.41. The van der Waals surface area contributed by atoms with Crippen LogP contribution in [-0.2, 0) is 16.0 Å². The maximum Gasteiger partial charge on any atom is 0.244 e. The molecule has 0 aliphatic carbocycles. The predicted octanol–water partition coefficient (Wildman–Crippen LogP) is 3.46. The Hall–Kier alpha value is -3.21. The number of aromatic nitrogens is 1. The maximum absolute atomic E-state index is 12.7. The van der Waals surface area contributed by atoms with Gasteiger partial charge in [0.1, 0.15) is 6.54 Å². The smallest absolute Gasteiger partial charge is 0.244 e. The maximum atomic E-state index is 12.7. The van der Waals surface area contributed by atoms with E-state index in [1.807, 2.05) is 61.5 Å². The lowest BCUT2D eigenvalue weighted by atomic mass is 10.0. The molecule has 1 aliphatic heterocycles. The number of hydrogen-bond acceptors (Lipinski definition) is 3. The Morgan fingerprint density at radius 1 is 1.12 bits per heavy atom. The zero-order valence-electron chi connectivity index (χ0n) is 14.5. The number of fused-ring (bicyclic) bond motifs is 2. The van der Waals surface area contributed by atoms with E-state index < -0.39 is 0 Å². The van der Waals surface area contributed by atoms with Gasteiger partial charge in [-0.15, -0.1) is 0 Å². The fraction of sp³-hybridized carbons (Fsp3) is 0.190. The van der Waals surface area contributed by atoms with Crippen molar-refractivity contribution in [3.8, 4) is 0 Å². The number of aryl methyl sites for hydroxylation is 2. The number of anilines is 2. The molecule has 0 bridgehead atoms. The Kier molecular flexibility index (Phi) is 4.13.